The van der Waals surface area contributed by atoms with Crippen LogP contribution in [0.5, 0.6) is 0 Å². The number of hydrogen-bond acceptors (Lipinski definition) is 3. The third-order valence-corrected chi connectivity index (χ3v) is 5.05. The first kappa shape index (κ1) is 17.8. The van der Waals surface area contributed by atoms with Crippen LogP contribution < -0.4 is 11.2 Å². The Kier molecular flexibility index (Phi) is 4.15. The first-order valence-corrected chi connectivity index (χ1v) is 8.92. The molecule has 0 unspecified atom stereocenters. The second-order valence-corrected chi connectivity index (χ2v) is 6.92. The van der Waals surface area contributed by atoms with Crippen LogP contribution in [0, 0.1) is 6.92 Å². The van der Waals surface area contributed by atoms with Gasteiger partial charge in [-0.2, -0.15) is 0 Å². The quantitative estimate of drug-likeness (QED) is 0.553. The molecule has 2 heterocycles. The van der Waals surface area contributed by atoms with Crippen LogP contribution >= 0.6 is 0 Å². The maximum atomic E-state index is 13.0. The van der Waals surface area contributed by atoms with E-state index in [2.05, 4.69) is 5.10 Å². The third-order valence-electron chi connectivity index (χ3n) is 5.05. The molecule has 0 aliphatic heterocycles. The molecule has 0 aliphatic carbocycles. The van der Waals surface area contributed by atoms with Crippen LogP contribution in [0.2, 0.25) is 0 Å². The highest BCUT2D eigenvalue weighted by Gasteiger charge is 2.21. The molecular weight excluding hydrogens is 356 g/mol. The van der Waals surface area contributed by atoms with E-state index in [4.69, 9.17) is 0 Å². The van der Waals surface area contributed by atoms with E-state index in [1.54, 1.807) is 48.4 Å². The molecule has 0 saturated carbocycles. The topological polar surface area (TPSA) is 81.8 Å². The number of hydrogen-bond donors (Lipinski definition) is 1. The Morgan fingerprint density at radius 3 is 2.36 bits per heavy atom. The molecule has 0 atom stereocenters. The van der Waals surface area contributed by atoms with Crippen molar-refractivity contribution in [2.45, 2.75) is 13.5 Å². The number of imidazole rings is 1. The van der Waals surface area contributed by atoms with Gasteiger partial charge in [-0.15, -0.1) is 0 Å². The molecule has 4 aromatic rings. The number of aromatic nitrogens is 4. The molecule has 0 bridgehead atoms. The van der Waals surface area contributed by atoms with Crippen molar-refractivity contribution in [3.8, 4) is 0 Å². The lowest BCUT2D eigenvalue weighted by molar-refractivity contribution is 0.103. The molecule has 7 nitrogen and oxygen atoms in total. The van der Waals surface area contributed by atoms with Gasteiger partial charge in [0.2, 0.25) is 5.78 Å². The fourth-order valence-corrected chi connectivity index (χ4v) is 3.57. The minimum Gasteiger partial charge on any atom is -0.299 e. The van der Waals surface area contributed by atoms with E-state index in [-0.39, 0.29) is 22.6 Å². The molecule has 28 heavy (non-hydrogen) atoms. The van der Waals surface area contributed by atoms with Crippen LogP contribution in [0.15, 0.2) is 58.1 Å². The van der Waals surface area contributed by atoms with E-state index in [9.17, 15) is 14.4 Å². The van der Waals surface area contributed by atoms with Crippen molar-refractivity contribution >= 4 is 16.8 Å². The molecule has 0 fully saturated rings. The van der Waals surface area contributed by atoms with Gasteiger partial charge >= 0.3 is 5.69 Å². The summed E-state index contributed by atoms with van der Waals surface area (Å²) in [5.74, 6) is -0.358. The first-order valence-electron chi connectivity index (χ1n) is 8.92. The predicted molar refractivity (Wildman–Crippen MR) is 107 cm³/mol. The molecule has 142 valence electrons. The average Bonchev–Trinajstić information content (AvgIpc) is 3.08. The highest BCUT2D eigenvalue weighted by atomic mass is 16.2. The van der Waals surface area contributed by atoms with E-state index >= 15 is 0 Å². The summed E-state index contributed by atoms with van der Waals surface area (Å²) in [5, 5.41) is 2.84. The highest BCUT2D eigenvalue weighted by Crippen LogP contribution is 2.19. The number of nitrogens with one attached hydrogen (secondary N) is 1. The summed E-state index contributed by atoms with van der Waals surface area (Å²) in [5.41, 5.74) is 2.88. The van der Waals surface area contributed by atoms with Crippen molar-refractivity contribution in [1.29, 1.82) is 0 Å². The van der Waals surface area contributed by atoms with Crippen LogP contribution in [-0.4, -0.2) is 24.7 Å². The third kappa shape index (κ3) is 2.72. The Hall–Kier alpha value is -3.61. The van der Waals surface area contributed by atoms with Crippen LogP contribution in [-0.2, 0) is 20.6 Å². The molecule has 2 aromatic carbocycles. The molecule has 0 radical (unpaired) electrons. The summed E-state index contributed by atoms with van der Waals surface area (Å²) in [4.78, 5) is 38.0. The smallest absolute Gasteiger partial charge is 0.299 e. The first-order chi connectivity index (χ1) is 13.4. The number of benzene rings is 2. The Bertz CT molecular complexity index is 1320. The summed E-state index contributed by atoms with van der Waals surface area (Å²) in [6, 6.07) is 14.8. The van der Waals surface area contributed by atoms with Gasteiger partial charge in [0.25, 0.3) is 5.56 Å². The lowest BCUT2D eigenvalue weighted by atomic mass is 10.0. The monoisotopic (exact) mass is 376 g/mol. The van der Waals surface area contributed by atoms with Gasteiger partial charge in [-0.3, -0.25) is 28.5 Å². The second kappa shape index (κ2) is 6.53. The number of rotatable bonds is 4. The standard InChI is InChI=1S/C21H20N4O3/c1-13-18(20(27)24(3)22-13)19(26)15-9-10-16-17(11-15)25(21(28)23(16)2)12-14-7-5-4-6-8-14/h4-11,22H,12H2,1-3H3. The van der Waals surface area contributed by atoms with E-state index in [1.165, 1.54) is 4.68 Å². The van der Waals surface area contributed by atoms with E-state index in [0.717, 1.165) is 11.1 Å². The number of ketones is 1. The van der Waals surface area contributed by atoms with Crippen LogP contribution in [0.3, 0.4) is 0 Å². The molecule has 0 amide bonds. The maximum absolute atomic E-state index is 13.0. The average molecular weight is 376 g/mol. The van der Waals surface area contributed by atoms with Crippen molar-refractivity contribution in [3.05, 3.63) is 91.8 Å². The van der Waals surface area contributed by atoms with Gasteiger partial charge in [0.15, 0.2) is 0 Å². The summed E-state index contributed by atoms with van der Waals surface area (Å²) < 4.78 is 4.49. The SMILES string of the molecule is Cc1[nH]n(C)c(=O)c1C(=O)c1ccc2c(c1)n(Cc1ccccc1)c(=O)n2C. The Morgan fingerprint density at radius 1 is 1.00 bits per heavy atom. The van der Waals surface area contributed by atoms with Crippen molar-refractivity contribution in [1.82, 2.24) is 18.9 Å². The summed E-state index contributed by atoms with van der Waals surface area (Å²) in [6.45, 7) is 2.10. The largest absolute Gasteiger partial charge is 0.329 e. The Balaban J connectivity index is 1.87. The number of aromatic amines is 1. The molecule has 0 saturated heterocycles. The number of fused-ring (bicyclic) bond motifs is 1. The molecule has 1 N–H and O–H groups in total. The Labute approximate surface area is 160 Å². The molecule has 0 aliphatic rings. The molecule has 0 spiro atoms. The zero-order chi connectivity index (χ0) is 20.0. The van der Waals surface area contributed by atoms with Crippen LogP contribution in [0.1, 0.15) is 27.2 Å². The fraction of sp³-hybridized carbons (Fsp3) is 0.190. The number of carbonyl (C=O) groups is 1. The van der Waals surface area contributed by atoms with Gasteiger partial charge in [-0.25, -0.2) is 4.79 Å². The lowest BCUT2D eigenvalue weighted by Crippen LogP contribution is -2.22. The number of carbonyl (C=O) groups excluding carboxylic acids is 1. The molecule has 2 aromatic heterocycles. The van der Waals surface area contributed by atoms with Gasteiger partial charge in [0, 0.05) is 25.4 Å². The molecule has 7 heteroatoms. The molecule has 4 rings (SSSR count). The number of aryl methyl sites for hydroxylation is 3. The van der Waals surface area contributed by atoms with E-state index in [1.807, 2.05) is 30.3 Å². The Morgan fingerprint density at radius 2 is 1.71 bits per heavy atom. The second-order valence-electron chi connectivity index (χ2n) is 6.92. The van der Waals surface area contributed by atoms with Gasteiger partial charge in [0.05, 0.1) is 17.6 Å². The van der Waals surface area contributed by atoms with Crippen molar-refractivity contribution in [2.24, 2.45) is 14.1 Å². The zero-order valence-corrected chi connectivity index (χ0v) is 15.9. The van der Waals surface area contributed by atoms with E-state index < -0.39 is 0 Å². The summed E-state index contributed by atoms with van der Waals surface area (Å²) >= 11 is 0. The van der Waals surface area contributed by atoms with Gasteiger partial charge in [-0.05, 0) is 30.7 Å². The lowest BCUT2D eigenvalue weighted by Gasteiger charge is -2.05. The number of H-pyrrole nitrogens is 1. The van der Waals surface area contributed by atoms with E-state index in [0.29, 0.717) is 23.3 Å². The van der Waals surface area contributed by atoms with Gasteiger partial charge in [0.1, 0.15) is 5.56 Å². The van der Waals surface area contributed by atoms with Crippen molar-refractivity contribution < 1.29 is 4.79 Å². The van der Waals surface area contributed by atoms with Crippen LogP contribution in [0.25, 0.3) is 11.0 Å². The fourth-order valence-electron chi connectivity index (χ4n) is 3.57. The normalized spacial score (nSPS) is 11.2. The predicted octanol–water partition coefficient (Wildman–Crippen LogP) is 1.95. The highest BCUT2D eigenvalue weighted by molar-refractivity contribution is 6.10. The number of nitrogens with zero attached hydrogens (tertiary/aromatic N) is 3. The maximum Gasteiger partial charge on any atom is 0.329 e. The van der Waals surface area contributed by atoms with Crippen LogP contribution in [0.4, 0.5) is 0 Å². The van der Waals surface area contributed by atoms with Crippen molar-refractivity contribution in [3.63, 3.8) is 0 Å². The minimum absolute atomic E-state index is 0.120. The zero-order valence-electron chi connectivity index (χ0n) is 15.9. The van der Waals surface area contributed by atoms with Gasteiger partial charge < -0.3 is 0 Å². The summed E-state index contributed by atoms with van der Waals surface area (Å²) in [7, 11) is 3.28. The van der Waals surface area contributed by atoms with Gasteiger partial charge in [-0.1, -0.05) is 30.3 Å². The van der Waals surface area contributed by atoms with Crippen molar-refractivity contribution in [2.75, 3.05) is 0 Å². The minimum atomic E-state index is -0.364. The summed E-state index contributed by atoms with van der Waals surface area (Å²) in [6.07, 6.45) is 0. The molecular formula is C21H20N4O3.